The molecule has 4 aromatic carbocycles. The summed E-state index contributed by atoms with van der Waals surface area (Å²) < 4.78 is 50.5. The number of para-hydroxylation sites is 1. The average Bonchev–Trinajstić information content (AvgIpc) is 4.15. The van der Waals surface area contributed by atoms with E-state index in [-0.39, 0.29) is 66.3 Å². The van der Waals surface area contributed by atoms with Crippen LogP contribution in [0.5, 0.6) is 17.2 Å². The largest absolute Gasteiger partial charge is 0.619 e. The monoisotopic (exact) mass is 970 g/mol. The molecule has 10 rings (SSSR count). The zero-order valence-corrected chi connectivity index (χ0v) is 38.4. The molecule has 1 aliphatic carbocycles. The van der Waals surface area contributed by atoms with E-state index in [4.69, 9.17) is 42.1 Å². The number of carboxylic acids is 1. The molecule has 0 spiro atoms. The fourth-order valence-electron chi connectivity index (χ4n) is 9.49. The highest BCUT2D eigenvalue weighted by Crippen LogP contribution is 2.44. The number of aliphatic carboxylic acids is 1. The summed E-state index contributed by atoms with van der Waals surface area (Å²) in [6.45, 7) is 0.310. The zero-order chi connectivity index (χ0) is 47.5. The Morgan fingerprint density at radius 3 is 2.24 bits per heavy atom. The van der Waals surface area contributed by atoms with Crippen LogP contribution < -0.4 is 23.8 Å². The van der Waals surface area contributed by atoms with Crippen molar-refractivity contribution in [1.82, 2.24) is 9.80 Å². The average molecular weight is 972 g/mol. The number of likely N-dealkylation sites (tertiary alicyclic amines) is 1. The molecule has 1 saturated carbocycles. The van der Waals surface area contributed by atoms with Crippen molar-refractivity contribution >= 4 is 46.9 Å². The van der Waals surface area contributed by atoms with Crippen LogP contribution in [0, 0.1) is 23.0 Å². The number of aromatic nitrogens is 1. The molecule has 17 heteroatoms. The van der Waals surface area contributed by atoms with Crippen molar-refractivity contribution in [3.63, 3.8) is 0 Å². The number of pyridine rings is 1. The molecule has 1 N–H and O–H groups in total. The number of halogens is 4. The Morgan fingerprint density at radius 2 is 1.57 bits per heavy atom. The van der Waals surface area contributed by atoms with Gasteiger partial charge in [-0.15, -0.1) is 0 Å². The molecular formula is C51H50Cl2F2N4O9. The number of amides is 2. The lowest BCUT2D eigenvalue weighted by Crippen LogP contribution is -2.63. The van der Waals surface area contributed by atoms with E-state index < -0.39 is 42.5 Å². The Hall–Kier alpha value is -6.16. The van der Waals surface area contributed by atoms with Crippen LogP contribution >= 0.6 is 23.2 Å². The first-order valence-electron chi connectivity index (χ1n) is 22.7. The maximum Gasteiger partial charge on any atom is 0.414 e. The van der Waals surface area contributed by atoms with E-state index in [1.165, 1.54) is 23.1 Å². The van der Waals surface area contributed by atoms with E-state index in [9.17, 15) is 33.5 Å². The van der Waals surface area contributed by atoms with Gasteiger partial charge < -0.3 is 34.2 Å². The molecule has 2 bridgehead atoms. The maximum absolute atomic E-state index is 14.3. The van der Waals surface area contributed by atoms with Crippen LogP contribution in [-0.4, -0.2) is 84.4 Å². The van der Waals surface area contributed by atoms with Gasteiger partial charge >= 0.3 is 18.7 Å². The molecule has 68 heavy (non-hydrogen) atoms. The summed E-state index contributed by atoms with van der Waals surface area (Å²) in [7, 11) is 0. The number of carboxylic acid groups (broad SMARTS) is 1. The lowest BCUT2D eigenvalue weighted by atomic mass is 9.73. The van der Waals surface area contributed by atoms with E-state index >= 15 is 0 Å². The van der Waals surface area contributed by atoms with E-state index in [2.05, 4.69) is 4.90 Å². The molecule has 13 nitrogen and oxygen atoms in total. The Balaban J connectivity index is 0.909. The first-order chi connectivity index (χ1) is 32.9. The van der Waals surface area contributed by atoms with Crippen LogP contribution in [0.25, 0.3) is 0 Å². The minimum atomic E-state index is -3.12. The van der Waals surface area contributed by atoms with Crippen molar-refractivity contribution in [2.24, 2.45) is 17.8 Å². The highest BCUT2D eigenvalue weighted by molar-refractivity contribution is 6.35. The van der Waals surface area contributed by atoms with Gasteiger partial charge in [0.2, 0.25) is 0 Å². The van der Waals surface area contributed by atoms with Gasteiger partial charge in [-0.05, 0) is 122 Å². The number of piperidine rings is 3. The van der Waals surface area contributed by atoms with Crippen molar-refractivity contribution in [3.05, 3.63) is 153 Å². The summed E-state index contributed by atoms with van der Waals surface area (Å²) in [5.41, 5.74) is 3.42. The number of carbonyl (C=O) groups is 3. The molecule has 5 heterocycles. The van der Waals surface area contributed by atoms with E-state index in [1.54, 1.807) is 29.2 Å². The van der Waals surface area contributed by atoms with E-state index in [0.717, 1.165) is 74.5 Å². The molecule has 4 saturated heterocycles. The van der Waals surface area contributed by atoms with Crippen LogP contribution in [-0.2, 0) is 29.1 Å². The number of anilines is 1. The molecule has 1 aromatic heterocycles. The van der Waals surface area contributed by atoms with Crippen molar-refractivity contribution in [3.8, 4) is 17.2 Å². The van der Waals surface area contributed by atoms with E-state index in [0.29, 0.717) is 33.1 Å². The van der Waals surface area contributed by atoms with Gasteiger partial charge in [-0.2, -0.15) is 13.5 Å². The van der Waals surface area contributed by atoms with Gasteiger partial charge in [-0.25, -0.2) is 4.79 Å². The molecule has 5 aromatic rings. The second-order valence-electron chi connectivity index (χ2n) is 17.9. The number of hydrogen-bond donors (Lipinski definition) is 1. The quantitative estimate of drug-likeness (QED) is 0.0666. The number of fused-ring (bicyclic) bond motifs is 3. The summed E-state index contributed by atoms with van der Waals surface area (Å²) >= 11 is 13.1. The van der Waals surface area contributed by atoms with Crippen LogP contribution in [0.1, 0.15) is 64.2 Å². The predicted molar refractivity (Wildman–Crippen MR) is 248 cm³/mol. The lowest BCUT2D eigenvalue weighted by Gasteiger charge is -2.50. The third-order valence-electron chi connectivity index (χ3n) is 13.4. The minimum absolute atomic E-state index is 0.0144. The predicted octanol–water partition coefficient (Wildman–Crippen LogP) is 9.39. The molecule has 0 radical (unpaired) electrons. The van der Waals surface area contributed by atoms with Gasteiger partial charge in [0.1, 0.15) is 28.5 Å². The summed E-state index contributed by atoms with van der Waals surface area (Å²) in [5, 5.41) is 22.7. The fourth-order valence-corrected chi connectivity index (χ4v) is 10.1. The first-order valence-corrected chi connectivity index (χ1v) is 23.5. The molecule has 2 unspecified atom stereocenters. The van der Waals surface area contributed by atoms with E-state index in [1.807, 2.05) is 54.6 Å². The number of nitrogens with zero attached hydrogens (tertiary/aromatic N) is 4. The van der Waals surface area contributed by atoms with Crippen molar-refractivity contribution in [2.75, 3.05) is 37.7 Å². The smallest absolute Gasteiger partial charge is 0.414 e. The molecule has 4 atom stereocenters. The number of rotatable bonds is 18. The standard InChI is InChI=1S/C51H50Cl2F2N4O9/c52-42-26-57(64)27-43(53)40(42)23-39(36-15-16-44(67-50(54)55)45(22-36)66-30-31-9-10-31)47-41(49(61)62)25-59(47)48(60)35-13-11-32(12-14-35)29-65-38-8-4-5-33(21-38)24-58(37-6-2-1-3-7-37)51(63)68-46-28-56-19-17-34(46)18-20-56/h1-8,11-16,21-22,26-27,31,34,39,41,46-47,50H,9-10,17-20,23-25,28-30H2,(H,61,62)/t39-,41?,46-,47?/m0/s1. The van der Waals surface area contributed by atoms with Crippen molar-refractivity contribution in [1.29, 1.82) is 0 Å². The number of benzene rings is 4. The summed E-state index contributed by atoms with van der Waals surface area (Å²) in [5.74, 6) is -2.33. The molecule has 4 aliphatic heterocycles. The van der Waals surface area contributed by atoms with Gasteiger partial charge in [0, 0.05) is 35.8 Å². The van der Waals surface area contributed by atoms with Gasteiger partial charge in [-0.1, -0.05) is 71.7 Å². The van der Waals surface area contributed by atoms with Crippen molar-refractivity contribution < 1.29 is 51.9 Å². The van der Waals surface area contributed by atoms with Gasteiger partial charge in [-0.3, -0.25) is 19.4 Å². The summed E-state index contributed by atoms with van der Waals surface area (Å²) in [4.78, 5) is 46.3. The van der Waals surface area contributed by atoms with Crippen LogP contribution in [0.2, 0.25) is 10.0 Å². The highest BCUT2D eigenvalue weighted by Gasteiger charge is 2.51. The number of ether oxygens (including phenoxy) is 4. The highest BCUT2D eigenvalue weighted by atomic mass is 35.5. The molecular weight excluding hydrogens is 921 g/mol. The second kappa shape index (κ2) is 20.6. The first kappa shape index (κ1) is 46.9. The van der Waals surface area contributed by atoms with Crippen LogP contribution in [0.4, 0.5) is 19.3 Å². The fraction of sp³-hybridized carbons (Fsp3) is 0.373. The second-order valence-corrected chi connectivity index (χ2v) is 18.8. The van der Waals surface area contributed by atoms with Gasteiger partial charge in [0.05, 0.1) is 25.1 Å². The topological polar surface area (TPSA) is 145 Å². The SMILES string of the molecule is O=C(O)C1CN(C(=O)c2ccc(COc3cccc(CN(C(=O)O[C@H]4CN5CCC4CC5)c4ccccc4)c3)cc2)C1[C@@H](Cc1c(Cl)c[n+]([O-])cc1Cl)c1ccc(OC(F)F)c(OCC2CC2)c1. The molecule has 5 aliphatic rings. The molecule has 356 valence electrons. The zero-order valence-electron chi connectivity index (χ0n) is 36.9. The number of hydrogen-bond acceptors (Lipinski definition) is 9. The normalized spacial score (nSPS) is 21.1. The van der Waals surface area contributed by atoms with Crippen LogP contribution in [0.3, 0.4) is 0 Å². The van der Waals surface area contributed by atoms with Gasteiger partial charge in [0.15, 0.2) is 23.9 Å². The van der Waals surface area contributed by atoms with Crippen molar-refractivity contribution in [2.45, 2.75) is 69.9 Å². The third-order valence-corrected chi connectivity index (χ3v) is 14.1. The molecule has 5 fully saturated rings. The molecule has 2 amide bonds. The Morgan fingerprint density at radius 1 is 0.838 bits per heavy atom. The summed E-state index contributed by atoms with van der Waals surface area (Å²) in [6.07, 6.45) is 5.64. The Kier molecular flexibility index (Phi) is 14.2. The maximum atomic E-state index is 14.3. The van der Waals surface area contributed by atoms with Crippen LogP contribution in [0.15, 0.2) is 109 Å². The summed E-state index contributed by atoms with van der Waals surface area (Å²) in [6, 6.07) is 27.2. The Labute approximate surface area is 402 Å². The Bertz CT molecular complexity index is 2590. The lowest BCUT2D eigenvalue weighted by molar-refractivity contribution is -0.605. The number of carbonyl (C=O) groups excluding carboxylic acids is 2. The van der Waals surface area contributed by atoms with Gasteiger partial charge in [0.25, 0.3) is 5.91 Å². The third kappa shape index (κ3) is 10.9. The minimum Gasteiger partial charge on any atom is -0.619 e. The number of alkyl halides is 2.